The van der Waals surface area contributed by atoms with E-state index < -0.39 is 0 Å². The molecule has 0 fully saturated rings. The minimum absolute atomic E-state index is 0.0710. The molecule has 5 rings (SSSR count). The number of aromatic amines is 2. The van der Waals surface area contributed by atoms with Gasteiger partial charge in [0.05, 0.1) is 19.4 Å². The maximum Gasteiger partial charge on any atom is 0.266 e. The van der Waals surface area contributed by atoms with Crippen LogP contribution >= 0.6 is 22.7 Å². The normalized spacial score (nSPS) is 13.2. The second kappa shape index (κ2) is 6.89. The van der Waals surface area contributed by atoms with Crippen molar-refractivity contribution < 1.29 is 0 Å². The molecule has 0 unspecified atom stereocenters. The van der Waals surface area contributed by atoms with Crippen LogP contribution in [0.15, 0.2) is 53.5 Å². The summed E-state index contributed by atoms with van der Waals surface area (Å²) in [6, 6.07) is 14.3. The van der Waals surface area contributed by atoms with Gasteiger partial charge in [-0.1, -0.05) is 37.3 Å². The molecule has 0 atom stereocenters. The van der Waals surface area contributed by atoms with Gasteiger partial charge in [0, 0.05) is 28.7 Å². The van der Waals surface area contributed by atoms with Gasteiger partial charge < -0.3 is 9.97 Å². The van der Waals surface area contributed by atoms with E-state index in [0.29, 0.717) is 4.53 Å². The lowest BCUT2D eigenvalue weighted by Gasteiger charge is -1.98. The largest absolute Gasteiger partial charge is 0.360 e. The van der Waals surface area contributed by atoms with Gasteiger partial charge in [0.15, 0.2) is 0 Å². The van der Waals surface area contributed by atoms with Gasteiger partial charge in [0.25, 0.3) is 5.56 Å². The average molecular weight is 404 g/mol. The predicted octanol–water partition coefficient (Wildman–Crippen LogP) is 3.75. The molecule has 2 N–H and O–H groups in total. The Labute approximate surface area is 168 Å². The first kappa shape index (κ1) is 17.2. The zero-order valence-corrected chi connectivity index (χ0v) is 16.8. The highest BCUT2D eigenvalue weighted by atomic mass is 32.1. The van der Waals surface area contributed by atoms with Crippen LogP contribution in [0.5, 0.6) is 0 Å². The number of aromatic nitrogens is 3. The van der Waals surface area contributed by atoms with Gasteiger partial charge in [-0.3, -0.25) is 4.79 Å². The van der Waals surface area contributed by atoms with Gasteiger partial charge in [-0.2, -0.15) is 0 Å². The molecule has 0 aliphatic carbocycles. The van der Waals surface area contributed by atoms with Crippen LogP contribution < -0.4 is 14.8 Å². The SMILES string of the molecule is CCc1cccc2c(/C=c3\s/c(=C/c4nc5ccccc5s4)[nH]c3=O)c[nH]c12. The molecule has 28 heavy (non-hydrogen) atoms. The van der Waals surface area contributed by atoms with E-state index in [1.807, 2.05) is 36.5 Å². The van der Waals surface area contributed by atoms with E-state index in [9.17, 15) is 4.79 Å². The second-order valence-electron chi connectivity index (χ2n) is 6.53. The molecule has 5 aromatic rings. The maximum absolute atomic E-state index is 12.5. The van der Waals surface area contributed by atoms with Gasteiger partial charge in [0.2, 0.25) is 0 Å². The van der Waals surface area contributed by atoms with Crippen LogP contribution in [0.2, 0.25) is 0 Å². The first-order valence-corrected chi connectivity index (χ1v) is 10.7. The monoisotopic (exact) mass is 403 g/mol. The third-order valence-corrected chi connectivity index (χ3v) is 6.69. The Bertz CT molecular complexity index is 1450. The summed E-state index contributed by atoms with van der Waals surface area (Å²) in [5.41, 5.74) is 4.37. The fourth-order valence-corrected chi connectivity index (χ4v) is 5.25. The van der Waals surface area contributed by atoms with Gasteiger partial charge in [-0.15, -0.1) is 22.7 Å². The minimum atomic E-state index is -0.0710. The molecule has 0 spiro atoms. The Kier molecular flexibility index (Phi) is 4.22. The van der Waals surface area contributed by atoms with Crippen molar-refractivity contribution in [2.24, 2.45) is 0 Å². The summed E-state index contributed by atoms with van der Waals surface area (Å²) < 4.78 is 2.64. The predicted molar refractivity (Wildman–Crippen MR) is 119 cm³/mol. The smallest absolute Gasteiger partial charge is 0.266 e. The Morgan fingerprint density at radius 2 is 1.96 bits per heavy atom. The molecule has 0 aliphatic heterocycles. The van der Waals surface area contributed by atoms with Crippen LogP contribution in [0, 0.1) is 0 Å². The minimum Gasteiger partial charge on any atom is -0.360 e. The van der Waals surface area contributed by atoms with E-state index >= 15 is 0 Å². The summed E-state index contributed by atoms with van der Waals surface area (Å²) in [6.07, 6.45) is 6.84. The molecule has 4 nitrogen and oxygen atoms in total. The zero-order chi connectivity index (χ0) is 19.1. The number of hydrogen-bond donors (Lipinski definition) is 2. The molecule has 3 aromatic heterocycles. The standard InChI is InChI=1S/C22H17N3OS2/c1-2-13-6-5-7-15-14(12-23-21(13)15)10-18-22(26)25-20(28-18)11-19-24-16-8-3-4-9-17(16)27-19/h3-12,23H,2H2,1H3,(H,25,26)/b18-10-,20-11+. The summed E-state index contributed by atoms with van der Waals surface area (Å²) >= 11 is 3.08. The molecule has 0 bridgehead atoms. The van der Waals surface area contributed by atoms with Crippen LogP contribution in [-0.4, -0.2) is 15.0 Å². The van der Waals surface area contributed by atoms with E-state index in [-0.39, 0.29) is 5.56 Å². The Morgan fingerprint density at radius 1 is 1.07 bits per heavy atom. The van der Waals surface area contributed by atoms with Crippen molar-refractivity contribution >= 4 is 55.9 Å². The average Bonchev–Trinajstić information content (AvgIpc) is 3.39. The fourth-order valence-electron chi connectivity index (χ4n) is 3.38. The van der Waals surface area contributed by atoms with Crippen molar-refractivity contribution in [3.8, 4) is 0 Å². The Morgan fingerprint density at radius 3 is 2.82 bits per heavy atom. The van der Waals surface area contributed by atoms with Crippen molar-refractivity contribution in [3.05, 3.63) is 84.3 Å². The number of nitrogens with zero attached hydrogens (tertiary/aromatic N) is 1. The number of aryl methyl sites for hydroxylation is 1. The second-order valence-corrected chi connectivity index (χ2v) is 8.68. The van der Waals surface area contributed by atoms with Crippen LogP contribution in [0.3, 0.4) is 0 Å². The van der Waals surface area contributed by atoms with Gasteiger partial charge in [-0.05, 0) is 30.2 Å². The number of hydrogen-bond acceptors (Lipinski definition) is 4. The van der Waals surface area contributed by atoms with Crippen molar-refractivity contribution in [1.29, 1.82) is 0 Å². The molecule has 138 valence electrons. The van der Waals surface area contributed by atoms with Crippen molar-refractivity contribution in [2.45, 2.75) is 13.3 Å². The summed E-state index contributed by atoms with van der Waals surface area (Å²) in [4.78, 5) is 23.4. The van der Waals surface area contributed by atoms with Crippen molar-refractivity contribution in [1.82, 2.24) is 15.0 Å². The van der Waals surface area contributed by atoms with Crippen LogP contribution in [0.4, 0.5) is 0 Å². The molecule has 0 radical (unpaired) electrons. The molecular weight excluding hydrogens is 386 g/mol. The molecular formula is C22H17N3OS2. The summed E-state index contributed by atoms with van der Waals surface area (Å²) in [5, 5.41) is 2.04. The third kappa shape index (κ3) is 3.00. The number of nitrogens with one attached hydrogen (secondary N) is 2. The first-order chi connectivity index (χ1) is 13.7. The highest BCUT2D eigenvalue weighted by molar-refractivity contribution is 7.19. The van der Waals surface area contributed by atoms with Gasteiger partial charge >= 0.3 is 0 Å². The topological polar surface area (TPSA) is 61.5 Å². The van der Waals surface area contributed by atoms with Gasteiger partial charge in [0.1, 0.15) is 5.01 Å². The number of H-pyrrole nitrogens is 2. The van der Waals surface area contributed by atoms with Crippen LogP contribution in [0.25, 0.3) is 33.3 Å². The molecule has 0 aliphatic rings. The highest BCUT2D eigenvalue weighted by Gasteiger charge is 2.06. The van der Waals surface area contributed by atoms with E-state index in [2.05, 4.69) is 46.1 Å². The molecule has 0 amide bonds. The van der Waals surface area contributed by atoms with E-state index in [1.54, 1.807) is 11.3 Å². The number of fused-ring (bicyclic) bond motifs is 2. The molecule has 2 aromatic carbocycles. The van der Waals surface area contributed by atoms with Crippen molar-refractivity contribution in [2.75, 3.05) is 0 Å². The highest BCUT2D eigenvalue weighted by Crippen LogP contribution is 2.23. The lowest BCUT2D eigenvalue weighted by atomic mass is 10.1. The Hall–Kier alpha value is -2.96. The zero-order valence-electron chi connectivity index (χ0n) is 15.2. The molecule has 0 saturated carbocycles. The van der Waals surface area contributed by atoms with Gasteiger partial charge in [-0.25, -0.2) is 4.98 Å². The summed E-state index contributed by atoms with van der Waals surface area (Å²) in [7, 11) is 0. The summed E-state index contributed by atoms with van der Waals surface area (Å²) in [5.74, 6) is 0. The van der Waals surface area contributed by atoms with Crippen LogP contribution in [0.1, 0.15) is 23.1 Å². The molecule has 0 saturated heterocycles. The number of para-hydroxylation sites is 2. The van der Waals surface area contributed by atoms with E-state index in [1.165, 1.54) is 16.9 Å². The van der Waals surface area contributed by atoms with E-state index in [4.69, 9.17) is 0 Å². The number of rotatable bonds is 3. The summed E-state index contributed by atoms with van der Waals surface area (Å²) in [6.45, 7) is 2.15. The van der Waals surface area contributed by atoms with E-state index in [0.717, 1.165) is 42.8 Å². The molecule has 6 heteroatoms. The number of benzene rings is 2. The maximum atomic E-state index is 12.5. The van der Waals surface area contributed by atoms with Crippen molar-refractivity contribution in [3.63, 3.8) is 0 Å². The Balaban J connectivity index is 1.61. The lowest BCUT2D eigenvalue weighted by molar-refractivity contribution is 1.15. The third-order valence-electron chi connectivity index (χ3n) is 4.75. The lowest BCUT2D eigenvalue weighted by Crippen LogP contribution is -2.19. The molecule has 3 heterocycles. The fraction of sp³-hybridized carbons (Fsp3) is 0.0909. The first-order valence-electron chi connectivity index (χ1n) is 9.08. The quantitative estimate of drug-likeness (QED) is 0.482. The number of thiazole rings is 2. The van der Waals surface area contributed by atoms with Crippen LogP contribution in [-0.2, 0) is 6.42 Å².